The van der Waals surface area contributed by atoms with Crippen LogP contribution in [0.15, 0.2) is 51.9 Å². The third-order valence-corrected chi connectivity index (χ3v) is 3.90. The van der Waals surface area contributed by atoms with Crippen molar-refractivity contribution in [3.05, 3.63) is 69.9 Å². The molecule has 1 amide bonds. The molecule has 3 aromatic rings. The summed E-state index contributed by atoms with van der Waals surface area (Å²) in [5.74, 6) is 0.582. The van der Waals surface area contributed by atoms with E-state index in [0.29, 0.717) is 17.9 Å². The Labute approximate surface area is 133 Å². The molecule has 5 heteroatoms. The summed E-state index contributed by atoms with van der Waals surface area (Å²) in [6.07, 6.45) is 1.57. The Kier molecular flexibility index (Phi) is 4.02. The molecule has 0 aliphatic carbocycles. The molecule has 1 aromatic carbocycles. The summed E-state index contributed by atoms with van der Waals surface area (Å²) in [6, 6.07) is 11.3. The van der Waals surface area contributed by atoms with E-state index in [4.69, 9.17) is 4.42 Å². The molecule has 0 unspecified atom stereocenters. The first kappa shape index (κ1) is 15.1. The Bertz CT molecular complexity index is 894. The summed E-state index contributed by atoms with van der Waals surface area (Å²) in [5.41, 5.74) is 2.24. The molecule has 0 aliphatic rings. The second kappa shape index (κ2) is 6.12. The zero-order chi connectivity index (χ0) is 16.4. The summed E-state index contributed by atoms with van der Waals surface area (Å²) in [6.45, 7) is 4.03. The smallest absolute Gasteiger partial charge is 0.253 e. The quantitative estimate of drug-likeness (QED) is 0.805. The second-order valence-electron chi connectivity index (χ2n) is 5.62. The molecule has 1 N–H and O–H groups in total. The van der Waals surface area contributed by atoms with E-state index in [1.807, 2.05) is 37.3 Å². The highest BCUT2D eigenvalue weighted by Crippen LogP contribution is 2.16. The van der Waals surface area contributed by atoms with Crippen molar-refractivity contribution in [3.63, 3.8) is 0 Å². The topological polar surface area (TPSA) is 66.3 Å². The number of furan rings is 1. The number of nitrogens with one attached hydrogen (secondary N) is 1. The number of carbonyl (C=O) groups is 1. The molecule has 5 nitrogen and oxygen atoms in total. The highest BCUT2D eigenvalue weighted by molar-refractivity contribution is 5.82. The van der Waals surface area contributed by atoms with Crippen LogP contribution >= 0.6 is 0 Å². The maximum Gasteiger partial charge on any atom is 0.253 e. The van der Waals surface area contributed by atoms with Crippen LogP contribution in [0.4, 0.5) is 0 Å². The number of aromatic amines is 1. The molecule has 0 saturated heterocycles. The fourth-order valence-electron chi connectivity index (χ4n) is 2.62. The van der Waals surface area contributed by atoms with E-state index < -0.39 is 0 Å². The Morgan fingerprint density at radius 2 is 2.04 bits per heavy atom. The zero-order valence-electron chi connectivity index (χ0n) is 13.1. The van der Waals surface area contributed by atoms with Crippen LogP contribution in [0.25, 0.3) is 10.9 Å². The summed E-state index contributed by atoms with van der Waals surface area (Å²) >= 11 is 0. The predicted octanol–water partition coefficient (Wildman–Crippen LogP) is 2.98. The molecular weight excluding hydrogens is 292 g/mol. The number of nitrogens with zero attached hydrogens (tertiary/aromatic N) is 1. The van der Waals surface area contributed by atoms with Gasteiger partial charge in [0.1, 0.15) is 5.76 Å². The third kappa shape index (κ3) is 3.18. The maximum absolute atomic E-state index is 12.3. The number of hydrogen-bond acceptors (Lipinski definition) is 3. The Morgan fingerprint density at radius 1 is 1.22 bits per heavy atom. The number of H-pyrrole nitrogens is 1. The fraction of sp³-hybridized carbons (Fsp3) is 0.222. The average molecular weight is 310 g/mol. The van der Waals surface area contributed by atoms with Crippen molar-refractivity contribution < 1.29 is 9.21 Å². The Balaban J connectivity index is 1.94. The molecule has 2 aromatic heterocycles. The van der Waals surface area contributed by atoms with Gasteiger partial charge in [-0.1, -0.05) is 18.2 Å². The molecule has 0 spiro atoms. The number of pyridine rings is 1. The summed E-state index contributed by atoms with van der Waals surface area (Å²) < 4.78 is 5.29. The molecule has 2 heterocycles. The molecule has 0 saturated carbocycles. The van der Waals surface area contributed by atoms with Crippen LogP contribution in [-0.2, 0) is 17.9 Å². The lowest BCUT2D eigenvalue weighted by Gasteiger charge is -2.19. The van der Waals surface area contributed by atoms with Crippen molar-refractivity contribution in [2.24, 2.45) is 0 Å². The van der Waals surface area contributed by atoms with Gasteiger partial charge in [0.05, 0.1) is 24.9 Å². The van der Waals surface area contributed by atoms with Gasteiger partial charge in [-0.15, -0.1) is 0 Å². The molecule has 0 aliphatic heterocycles. The van der Waals surface area contributed by atoms with Crippen molar-refractivity contribution >= 4 is 16.8 Å². The number of hydrogen-bond donors (Lipinski definition) is 1. The van der Waals surface area contributed by atoms with Gasteiger partial charge in [0.2, 0.25) is 5.91 Å². The van der Waals surface area contributed by atoms with Crippen LogP contribution in [-0.4, -0.2) is 15.8 Å². The van der Waals surface area contributed by atoms with Crippen LogP contribution in [0.2, 0.25) is 0 Å². The van der Waals surface area contributed by atoms with Gasteiger partial charge in [-0.2, -0.15) is 0 Å². The van der Waals surface area contributed by atoms with Crippen molar-refractivity contribution in [1.29, 1.82) is 0 Å². The lowest BCUT2D eigenvalue weighted by molar-refractivity contribution is -0.130. The SMILES string of the molecule is CC(=O)N(Cc1ccco1)Cc1cc2cccc(C)c2[nH]c1=O. The minimum atomic E-state index is -0.169. The highest BCUT2D eigenvalue weighted by Gasteiger charge is 2.14. The van der Waals surface area contributed by atoms with E-state index in [0.717, 1.165) is 16.5 Å². The van der Waals surface area contributed by atoms with Gasteiger partial charge >= 0.3 is 0 Å². The maximum atomic E-state index is 12.3. The van der Waals surface area contributed by atoms with Gasteiger partial charge in [0.15, 0.2) is 0 Å². The van der Waals surface area contributed by atoms with Crippen LogP contribution < -0.4 is 5.56 Å². The largest absolute Gasteiger partial charge is 0.467 e. The summed E-state index contributed by atoms with van der Waals surface area (Å²) in [5, 5.41) is 0.959. The monoisotopic (exact) mass is 310 g/mol. The Morgan fingerprint density at radius 3 is 2.74 bits per heavy atom. The first-order valence-corrected chi connectivity index (χ1v) is 7.44. The van der Waals surface area contributed by atoms with Gasteiger partial charge in [-0.25, -0.2) is 0 Å². The van der Waals surface area contributed by atoms with Gasteiger partial charge in [0, 0.05) is 12.5 Å². The predicted molar refractivity (Wildman–Crippen MR) is 87.9 cm³/mol. The van der Waals surface area contributed by atoms with Crippen molar-refractivity contribution in [2.75, 3.05) is 0 Å². The highest BCUT2D eigenvalue weighted by atomic mass is 16.3. The molecule has 0 atom stereocenters. The lowest BCUT2D eigenvalue weighted by atomic mass is 10.1. The first-order chi connectivity index (χ1) is 11.0. The number of aryl methyl sites for hydroxylation is 1. The lowest BCUT2D eigenvalue weighted by Crippen LogP contribution is -2.30. The third-order valence-electron chi connectivity index (χ3n) is 3.90. The molecule has 0 bridgehead atoms. The van der Waals surface area contributed by atoms with E-state index in [-0.39, 0.29) is 18.0 Å². The van der Waals surface area contributed by atoms with Crippen LogP contribution in [0.1, 0.15) is 23.8 Å². The average Bonchev–Trinajstić information content (AvgIpc) is 3.01. The van der Waals surface area contributed by atoms with E-state index in [1.54, 1.807) is 17.2 Å². The number of carbonyl (C=O) groups excluding carboxylic acids is 1. The first-order valence-electron chi connectivity index (χ1n) is 7.44. The number of amides is 1. The van der Waals surface area contributed by atoms with Crippen LogP contribution in [0, 0.1) is 6.92 Å². The van der Waals surface area contributed by atoms with E-state index >= 15 is 0 Å². The van der Waals surface area contributed by atoms with Gasteiger partial charge < -0.3 is 14.3 Å². The van der Waals surface area contributed by atoms with E-state index in [1.165, 1.54) is 6.92 Å². The second-order valence-corrected chi connectivity index (χ2v) is 5.62. The minimum absolute atomic E-state index is 0.106. The normalized spacial score (nSPS) is 10.9. The van der Waals surface area contributed by atoms with Crippen LogP contribution in [0.5, 0.6) is 0 Å². The van der Waals surface area contributed by atoms with E-state index in [9.17, 15) is 9.59 Å². The van der Waals surface area contributed by atoms with Crippen molar-refractivity contribution in [1.82, 2.24) is 9.88 Å². The fourth-order valence-corrected chi connectivity index (χ4v) is 2.62. The molecule has 0 fully saturated rings. The number of fused-ring (bicyclic) bond motifs is 1. The van der Waals surface area contributed by atoms with E-state index in [2.05, 4.69) is 4.98 Å². The molecular formula is C18H18N2O3. The van der Waals surface area contributed by atoms with Gasteiger partial charge in [-0.05, 0) is 36.1 Å². The van der Waals surface area contributed by atoms with Gasteiger partial charge in [0.25, 0.3) is 5.56 Å². The molecule has 3 rings (SSSR count). The molecule has 118 valence electrons. The number of benzene rings is 1. The summed E-state index contributed by atoms with van der Waals surface area (Å²) in [7, 11) is 0. The summed E-state index contributed by atoms with van der Waals surface area (Å²) in [4.78, 5) is 28.7. The molecule has 0 radical (unpaired) electrons. The minimum Gasteiger partial charge on any atom is -0.467 e. The van der Waals surface area contributed by atoms with Crippen molar-refractivity contribution in [2.45, 2.75) is 26.9 Å². The number of aromatic nitrogens is 1. The standard InChI is InChI=1S/C18H18N2O3/c1-12-5-3-6-14-9-15(18(22)19-17(12)14)10-20(13(2)21)11-16-7-4-8-23-16/h3-9H,10-11H2,1-2H3,(H,19,22). The number of rotatable bonds is 4. The van der Waals surface area contributed by atoms with Crippen molar-refractivity contribution in [3.8, 4) is 0 Å². The van der Waals surface area contributed by atoms with Crippen LogP contribution in [0.3, 0.4) is 0 Å². The molecule has 23 heavy (non-hydrogen) atoms. The Hall–Kier alpha value is -2.82. The van der Waals surface area contributed by atoms with Gasteiger partial charge in [-0.3, -0.25) is 9.59 Å². The zero-order valence-corrected chi connectivity index (χ0v) is 13.1. The number of para-hydroxylation sites is 1.